The molecule has 1 saturated carbocycles. The van der Waals surface area contributed by atoms with Crippen LogP contribution in [0.1, 0.15) is 39.5 Å². The minimum atomic E-state index is 0.00158. The Morgan fingerprint density at radius 1 is 1.20 bits per heavy atom. The summed E-state index contributed by atoms with van der Waals surface area (Å²) < 4.78 is 0. The molecule has 1 saturated heterocycles. The predicted molar refractivity (Wildman–Crippen MR) is 62.7 cm³/mol. The molecule has 0 aromatic carbocycles. The smallest absolute Gasteiger partial charge is 0.0583 e. The topological polar surface area (TPSA) is 23.5 Å². The van der Waals surface area contributed by atoms with Crippen molar-refractivity contribution in [2.75, 3.05) is 19.6 Å². The third kappa shape index (κ3) is 2.36. The van der Waals surface area contributed by atoms with Crippen LogP contribution in [0, 0.1) is 17.8 Å². The fraction of sp³-hybridized carbons (Fsp3) is 1.00. The Morgan fingerprint density at radius 3 is 2.53 bits per heavy atom. The molecule has 1 aliphatic carbocycles. The third-order valence-electron chi connectivity index (χ3n) is 4.57. The molecule has 2 fully saturated rings. The summed E-state index contributed by atoms with van der Waals surface area (Å²) >= 11 is 0. The number of aliphatic hydroxyl groups is 1. The molecule has 1 heterocycles. The third-order valence-corrected chi connectivity index (χ3v) is 4.57. The van der Waals surface area contributed by atoms with Crippen molar-refractivity contribution in [2.45, 2.75) is 45.6 Å². The molecule has 0 bridgehead atoms. The van der Waals surface area contributed by atoms with E-state index in [1.807, 2.05) is 0 Å². The van der Waals surface area contributed by atoms with Crippen molar-refractivity contribution >= 4 is 0 Å². The van der Waals surface area contributed by atoms with Crippen molar-refractivity contribution in [1.29, 1.82) is 0 Å². The van der Waals surface area contributed by atoms with Crippen molar-refractivity contribution in [3.63, 3.8) is 0 Å². The maximum atomic E-state index is 9.84. The monoisotopic (exact) mass is 211 g/mol. The van der Waals surface area contributed by atoms with Crippen LogP contribution in [0.3, 0.4) is 0 Å². The van der Waals surface area contributed by atoms with Crippen LogP contribution in [0.15, 0.2) is 0 Å². The molecule has 1 aliphatic heterocycles. The van der Waals surface area contributed by atoms with Crippen LogP contribution in [0.2, 0.25) is 0 Å². The Kier molecular flexibility index (Phi) is 3.68. The first-order chi connectivity index (χ1) is 7.24. The average molecular weight is 211 g/mol. The second kappa shape index (κ2) is 4.84. The normalized spacial score (nSPS) is 36.4. The SMILES string of the molecule is CCC(CC)CN1CC2CCC(O)C2C1. The lowest BCUT2D eigenvalue weighted by Gasteiger charge is -2.23. The molecule has 2 nitrogen and oxygen atoms in total. The average Bonchev–Trinajstić information content (AvgIpc) is 2.78. The van der Waals surface area contributed by atoms with Crippen molar-refractivity contribution < 1.29 is 5.11 Å². The summed E-state index contributed by atoms with van der Waals surface area (Å²) in [5.74, 6) is 2.26. The summed E-state index contributed by atoms with van der Waals surface area (Å²) in [5.41, 5.74) is 0. The van der Waals surface area contributed by atoms with E-state index in [9.17, 15) is 5.11 Å². The second-order valence-electron chi connectivity index (χ2n) is 5.47. The number of aliphatic hydroxyl groups excluding tert-OH is 1. The van der Waals surface area contributed by atoms with Gasteiger partial charge in [-0.25, -0.2) is 0 Å². The summed E-state index contributed by atoms with van der Waals surface area (Å²) in [4.78, 5) is 2.59. The quantitative estimate of drug-likeness (QED) is 0.770. The van der Waals surface area contributed by atoms with Gasteiger partial charge in [-0.2, -0.15) is 0 Å². The molecule has 3 unspecified atom stereocenters. The predicted octanol–water partition coefficient (Wildman–Crippen LogP) is 2.13. The summed E-state index contributed by atoms with van der Waals surface area (Å²) in [7, 11) is 0. The van der Waals surface area contributed by atoms with Crippen LogP contribution in [-0.4, -0.2) is 35.7 Å². The van der Waals surface area contributed by atoms with Crippen LogP contribution >= 0.6 is 0 Å². The summed E-state index contributed by atoms with van der Waals surface area (Å²) in [6, 6.07) is 0. The number of rotatable bonds is 4. The van der Waals surface area contributed by atoms with E-state index in [2.05, 4.69) is 18.7 Å². The fourth-order valence-electron chi connectivity index (χ4n) is 3.39. The standard InChI is InChI=1S/C13H25NO/c1-3-10(4-2)7-14-8-11-5-6-13(15)12(11)9-14/h10-13,15H,3-9H2,1-2H3. The molecule has 0 aromatic heterocycles. The van der Waals surface area contributed by atoms with Crippen molar-refractivity contribution in [1.82, 2.24) is 4.90 Å². The van der Waals surface area contributed by atoms with Crippen molar-refractivity contribution in [3.8, 4) is 0 Å². The molecular formula is C13H25NO. The van der Waals surface area contributed by atoms with E-state index in [1.54, 1.807) is 0 Å². The van der Waals surface area contributed by atoms with Crippen LogP contribution in [0.5, 0.6) is 0 Å². The fourth-order valence-corrected chi connectivity index (χ4v) is 3.39. The van der Waals surface area contributed by atoms with E-state index in [0.29, 0.717) is 5.92 Å². The van der Waals surface area contributed by atoms with Gasteiger partial charge in [0.15, 0.2) is 0 Å². The molecule has 88 valence electrons. The highest BCUT2D eigenvalue weighted by Crippen LogP contribution is 2.38. The van der Waals surface area contributed by atoms with E-state index in [4.69, 9.17) is 0 Å². The van der Waals surface area contributed by atoms with Crippen LogP contribution < -0.4 is 0 Å². The van der Waals surface area contributed by atoms with Gasteiger partial charge in [0.25, 0.3) is 0 Å². The largest absolute Gasteiger partial charge is 0.393 e. The minimum absolute atomic E-state index is 0.00158. The van der Waals surface area contributed by atoms with Gasteiger partial charge in [0.2, 0.25) is 0 Å². The Hall–Kier alpha value is -0.0800. The van der Waals surface area contributed by atoms with Gasteiger partial charge in [-0.3, -0.25) is 0 Å². The molecule has 0 amide bonds. The molecule has 2 heteroatoms. The lowest BCUT2D eigenvalue weighted by molar-refractivity contribution is 0.122. The maximum Gasteiger partial charge on any atom is 0.0583 e. The summed E-state index contributed by atoms with van der Waals surface area (Å²) in [5, 5.41) is 9.84. The highest BCUT2D eigenvalue weighted by atomic mass is 16.3. The lowest BCUT2D eigenvalue weighted by Crippen LogP contribution is -2.29. The van der Waals surface area contributed by atoms with Gasteiger partial charge in [-0.05, 0) is 24.7 Å². The first-order valence-corrected chi connectivity index (χ1v) is 6.65. The zero-order valence-electron chi connectivity index (χ0n) is 10.2. The molecule has 15 heavy (non-hydrogen) atoms. The van der Waals surface area contributed by atoms with Gasteiger partial charge in [0.05, 0.1) is 6.10 Å². The van der Waals surface area contributed by atoms with Crippen molar-refractivity contribution in [2.24, 2.45) is 17.8 Å². The number of likely N-dealkylation sites (tertiary alicyclic amines) is 1. The molecule has 0 radical (unpaired) electrons. The Morgan fingerprint density at radius 2 is 1.93 bits per heavy atom. The number of nitrogens with zero attached hydrogens (tertiary/aromatic N) is 1. The summed E-state index contributed by atoms with van der Waals surface area (Å²) in [6.07, 6.45) is 4.90. The molecule has 2 aliphatic rings. The van der Waals surface area contributed by atoms with Gasteiger partial charge < -0.3 is 10.0 Å². The van der Waals surface area contributed by atoms with Crippen molar-refractivity contribution in [3.05, 3.63) is 0 Å². The molecular weight excluding hydrogens is 186 g/mol. The van der Waals surface area contributed by atoms with Gasteiger partial charge in [0, 0.05) is 25.6 Å². The first-order valence-electron chi connectivity index (χ1n) is 6.65. The summed E-state index contributed by atoms with van der Waals surface area (Å²) in [6.45, 7) is 8.24. The molecule has 3 atom stereocenters. The van der Waals surface area contributed by atoms with Gasteiger partial charge in [-0.15, -0.1) is 0 Å². The maximum absolute atomic E-state index is 9.84. The van der Waals surface area contributed by atoms with Crippen LogP contribution in [-0.2, 0) is 0 Å². The number of hydrogen-bond acceptors (Lipinski definition) is 2. The van der Waals surface area contributed by atoms with Crippen LogP contribution in [0.25, 0.3) is 0 Å². The Balaban J connectivity index is 1.83. The zero-order valence-corrected chi connectivity index (χ0v) is 10.2. The highest BCUT2D eigenvalue weighted by Gasteiger charge is 2.41. The van der Waals surface area contributed by atoms with E-state index >= 15 is 0 Å². The molecule has 1 N–H and O–H groups in total. The van der Waals surface area contributed by atoms with Gasteiger partial charge in [0.1, 0.15) is 0 Å². The number of hydrogen-bond donors (Lipinski definition) is 1. The molecule has 0 spiro atoms. The molecule has 2 rings (SSSR count). The minimum Gasteiger partial charge on any atom is -0.393 e. The van der Waals surface area contributed by atoms with Crippen LogP contribution in [0.4, 0.5) is 0 Å². The Bertz CT molecular complexity index is 201. The Labute approximate surface area is 93.7 Å². The molecule has 0 aromatic rings. The first kappa shape index (κ1) is 11.4. The second-order valence-corrected chi connectivity index (χ2v) is 5.47. The zero-order chi connectivity index (χ0) is 10.8. The van der Waals surface area contributed by atoms with E-state index in [1.165, 1.54) is 32.4 Å². The number of fused-ring (bicyclic) bond motifs is 1. The van der Waals surface area contributed by atoms with Gasteiger partial charge >= 0.3 is 0 Å². The van der Waals surface area contributed by atoms with E-state index in [0.717, 1.165) is 24.8 Å². The van der Waals surface area contributed by atoms with Gasteiger partial charge in [-0.1, -0.05) is 26.7 Å². The lowest BCUT2D eigenvalue weighted by atomic mass is 10.00. The highest BCUT2D eigenvalue weighted by molar-refractivity contribution is 4.93. The van der Waals surface area contributed by atoms with E-state index in [-0.39, 0.29) is 6.10 Å². The van der Waals surface area contributed by atoms with E-state index < -0.39 is 0 Å².